The number of aryl methyl sites for hydroxylation is 1. The SMILES string of the molecule is Cc1ccc(-c2nc(S(=O)(=O)c3ccc(F)cc3)c(N(C)Cc3ccccc3)o2)cc1. The van der Waals surface area contributed by atoms with Crippen molar-refractivity contribution in [1.29, 1.82) is 0 Å². The molecule has 0 saturated carbocycles. The maximum atomic E-state index is 13.3. The van der Waals surface area contributed by atoms with Crippen molar-refractivity contribution >= 4 is 15.7 Å². The van der Waals surface area contributed by atoms with Crippen LogP contribution in [0.5, 0.6) is 0 Å². The standard InChI is InChI=1S/C24H21FN2O3S/c1-17-8-10-19(11-9-17)22-26-23(31(28,29)21-14-12-20(25)13-15-21)24(30-22)27(2)16-18-6-4-3-5-7-18/h3-15H,16H2,1-2H3. The number of sulfone groups is 1. The number of oxazole rings is 1. The fourth-order valence-corrected chi connectivity index (χ4v) is 4.54. The number of halogens is 1. The second-order valence-corrected chi connectivity index (χ2v) is 9.16. The first-order valence-corrected chi connectivity index (χ1v) is 11.2. The highest BCUT2D eigenvalue weighted by Gasteiger charge is 2.30. The third kappa shape index (κ3) is 4.36. The molecular weight excluding hydrogens is 415 g/mol. The van der Waals surface area contributed by atoms with Gasteiger partial charge in [0.15, 0.2) is 0 Å². The van der Waals surface area contributed by atoms with Crippen LogP contribution in [0.1, 0.15) is 11.1 Å². The number of nitrogens with zero attached hydrogens (tertiary/aromatic N) is 2. The lowest BCUT2D eigenvalue weighted by Crippen LogP contribution is -2.18. The van der Waals surface area contributed by atoms with Crippen molar-refractivity contribution in [3.63, 3.8) is 0 Å². The third-order valence-corrected chi connectivity index (χ3v) is 6.53. The Kier molecular flexibility index (Phi) is 5.61. The molecule has 0 atom stereocenters. The Hall–Kier alpha value is -3.45. The molecule has 7 heteroatoms. The van der Waals surface area contributed by atoms with Gasteiger partial charge in [-0.05, 0) is 48.9 Å². The van der Waals surface area contributed by atoms with E-state index in [-0.39, 0.29) is 21.7 Å². The number of benzene rings is 3. The monoisotopic (exact) mass is 436 g/mol. The summed E-state index contributed by atoms with van der Waals surface area (Å²) in [5.41, 5.74) is 2.72. The van der Waals surface area contributed by atoms with Gasteiger partial charge in [-0.1, -0.05) is 48.0 Å². The summed E-state index contributed by atoms with van der Waals surface area (Å²) in [7, 11) is -2.29. The number of hydrogen-bond donors (Lipinski definition) is 0. The van der Waals surface area contributed by atoms with E-state index >= 15 is 0 Å². The quantitative estimate of drug-likeness (QED) is 0.386. The molecule has 31 heavy (non-hydrogen) atoms. The number of anilines is 1. The molecule has 0 spiro atoms. The molecule has 1 heterocycles. The van der Waals surface area contributed by atoms with Gasteiger partial charge in [0.25, 0.3) is 0 Å². The summed E-state index contributed by atoms with van der Waals surface area (Å²) in [5, 5.41) is -0.201. The average Bonchev–Trinajstić information content (AvgIpc) is 3.22. The zero-order valence-electron chi connectivity index (χ0n) is 17.1. The number of aromatic nitrogens is 1. The fraction of sp³-hybridized carbons (Fsp3) is 0.125. The van der Waals surface area contributed by atoms with Crippen molar-refractivity contribution in [2.45, 2.75) is 23.4 Å². The molecule has 3 aromatic carbocycles. The second-order valence-electron chi connectivity index (χ2n) is 7.29. The van der Waals surface area contributed by atoms with Crippen molar-refractivity contribution < 1.29 is 17.2 Å². The Morgan fingerprint density at radius 3 is 2.23 bits per heavy atom. The summed E-state index contributed by atoms with van der Waals surface area (Å²) < 4.78 is 46.0. The summed E-state index contributed by atoms with van der Waals surface area (Å²) in [6.45, 7) is 2.39. The van der Waals surface area contributed by atoms with E-state index in [9.17, 15) is 12.8 Å². The van der Waals surface area contributed by atoms with Crippen LogP contribution in [-0.4, -0.2) is 20.4 Å². The second kappa shape index (κ2) is 8.35. The molecule has 5 nitrogen and oxygen atoms in total. The van der Waals surface area contributed by atoms with Crippen molar-refractivity contribution in [3.8, 4) is 11.5 Å². The van der Waals surface area contributed by atoms with E-state index in [0.29, 0.717) is 12.1 Å². The largest absolute Gasteiger partial charge is 0.419 e. The van der Waals surface area contributed by atoms with Gasteiger partial charge in [-0.15, -0.1) is 0 Å². The molecule has 4 aromatic rings. The molecule has 0 radical (unpaired) electrons. The molecule has 0 fully saturated rings. The van der Waals surface area contributed by atoms with Crippen LogP contribution in [0.4, 0.5) is 10.3 Å². The van der Waals surface area contributed by atoms with E-state index in [1.165, 1.54) is 12.1 Å². The Labute approximate surface area is 180 Å². The van der Waals surface area contributed by atoms with Gasteiger partial charge in [0.05, 0.1) is 4.90 Å². The van der Waals surface area contributed by atoms with Gasteiger partial charge in [0, 0.05) is 19.2 Å². The van der Waals surface area contributed by atoms with Crippen molar-refractivity contribution in [3.05, 3.63) is 95.8 Å². The van der Waals surface area contributed by atoms with Crippen LogP contribution in [0.25, 0.3) is 11.5 Å². The highest BCUT2D eigenvalue weighted by atomic mass is 32.2. The Morgan fingerprint density at radius 1 is 0.935 bits per heavy atom. The van der Waals surface area contributed by atoms with Crippen molar-refractivity contribution in [2.24, 2.45) is 0 Å². The lowest BCUT2D eigenvalue weighted by Gasteiger charge is -2.17. The van der Waals surface area contributed by atoms with Crippen LogP contribution in [0.15, 0.2) is 93.2 Å². The minimum Gasteiger partial charge on any atom is -0.419 e. The van der Waals surface area contributed by atoms with Gasteiger partial charge in [-0.2, -0.15) is 4.98 Å². The highest BCUT2D eigenvalue weighted by molar-refractivity contribution is 7.91. The molecule has 0 amide bonds. The summed E-state index contributed by atoms with van der Waals surface area (Å²) in [4.78, 5) is 6.01. The molecule has 0 saturated heterocycles. The van der Waals surface area contributed by atoms with E-state index in [1.807, 2.05) is 61.5 Å². The van der Waals surface area contributed by atoms with Crippen LogP contribution in [0.2, 0.25) is 0 Å². The molecule has 0 aliphatic heterocycles. The van der Waals surface area contributed by atoms with E-state index in [1.54, 1.807) is 11.9 Å². The summed E-state index contributed by atoms with van der Waals surface area (Å²) in [6, 6.07) is 21.8. The summed E-state index contributed by atoms with van der Waals surface area (Å²) in [5.74, 6) is -0.180. The summed E-state index contributed by atoms with van der Waals surface area (Å²) in [6.07, 6.45) is 0. The van der Waals surface area contributed by atoms with Crippen molar-refractivity contribution in [2.75, 3.05) is 11.9 Å². The Balaban J connectivity index is 1.81. The van der Waals surface area contributed by atoms with Gasteiger partial charge in [0.1, 0.15) is 5.82 Å². The zero-order valence-corrected chi connectivity index (χ0v) is 17.9. The molecule has 0 aliphatic carbocycles. The molecular formula is C24H21FN2O3S. The van der Waals surface area contributed by atoms with Gasteiger partial charge < -0.3 is 9.32 Å². The average molecular weight is 437 g/mol. The normalized spacial score (nSPS) is 11.5. The van der Waals surface area contributed by atoms with Gasteiger partial charge in [-0.3, -0.25) is 0 Å². The van der Waals surface area contributed by atoms with E-state index in [2.05, 4.69) is 4.98 Å². The van der Waals surface area contributed by atoms with Gasteiger partial charge >= 0.3 is 0 Å². The molecule has 0 unspecified atom stereocenters. The molecule has 1 aromatic heterocycles. The smallest absolute Gasteiger partial charge is 0.236 e. The van der Waals surface area contributed by atoms with Crippen LogP contribution in [0, 0.1) is 12.7 Å². The van der Waals surface area contributed by atoms with Crippen LogP contribution < -0.4 is 4.90 Å². The zero-order chi connectivity index (χ0) is 22.0. The maximum Gasteiger partial charge on any atom is 0.236 e. The first-order chi connectivity index (χ1) is 14.8. The first-order valence-electron chi connectivity index (χ1n) is 9.68. The molecule has 0 bridgehead atoms. The predicted molar refractivity (Wildman–Crippen MR) is 117 cm³/mol. The Bertz CT molecular complexity index is 1280. The Morgan fingerprint density at radius 2 is 1.58 bits per heavy atom. The van der Waals surface area contributed by atoms with E-state index < -0.39 is 15.7 Å². The van der Waals surface area contributed by atoms with Gasteiger partial charge in [0.2, 0.25) is 26.6 Å². The lowest BCUT2D eigenvalue weighted by molar-refractivity contribution is 0.554. The van der Waals surface area contributed by atoms with E-state index in [0.717, 1.165) is 23.3 Å². The topological polar surface area (TPSA) is 63.4 Å². The van der Waals surface area contributed by atoms with Crippen molar-refractivity contribution in [1.82, 2.24) is 4.98 Å². The fourth-order valence-electron chi connectivity index (χ4n) is 3.19. The minimum absolute atomic E-state index is 0.0491. The van der Waals surface area contributed by atoms with Crippen LogP contribution in [0.3, 0.4) is 0 Å². The van der Waals surface area contributed by atoms with Crippen LogP contribution in [-0.2, 0) is 16.4 Å². The number of rotatable bonds is 6. The number of hydrogen-bond acceptors (Lipinski definition) is 5. The maximum absolute atomic E-state index is 13.3. The van der Waals surface area contributed by atoms with Gasteiger partial charge in [-0.25, -0.2) is 12.8 Å². The molecule has 0 aliphatic rings. The van der Waals surface area contributed by atoms with Crippen LogP contribution >= 0.6 is 0 Å². The molecule has 4 rings (SSSR count). The lowest BCUT2D eigenvalue weighted by atomic mass is 10.1. The molecule has 0 N–H and O–H groups in total. The summed E-state index contributed by atoms with van der Waals surface area (Å²) >= 11 is 0. The highest BCUT2D eigenvalue weighted by Crippen LogP contribution is 2.35. The van der Waals surface area contributed by atoms with E-state index in [4.69, 9.17) is 4.42 Å². The third-order valence-electron chi connectivity index (χ3n) is 4.87. The predicted octanol–water partition coefficient (Wildman–Crippen LogP) is 5.26. The molecule has 158 valence electrons. The first kappa shape index (κ1) is 20.8. The minimum atomic E-state index is -4.03.